The highest BCUT2D eigenvalue weighted by molar-refractivity contribution is 5.19. The van der Waals surface area contributed by atoms with E-state index < -0.39 is 0 Å². The number of piperidine rings is 2. The minimum absolute atomic E-state index is 0.433. The molecule has 16 heavy (non-hydrogen) atoms. The second kappa shape index (κ2) is 4.21. The minimum Gasteiger partial charge on any atom is -0.308 e. The molecule has 1 heteroatoms. The molecule has 2 saturated heterocycles. The molecule has 0 aromatic heterocycles. The SMILES string of the molecule is c1ccc(CC23CCCC(CCC2)N3)cc1. The van der Waals surface area contributed by atoms with E-state index in [9.17, 15) is 0 Å². The van der Waals surface area contributed by atoms with Crippen molar-refractivity contribution in [1.82, 2.24) is 5.32 Å². The van der Waals surface area contributed by atoms with Crippen LogP contribution in [0.5, 0.6) is 0 Å². The average molecular weight is 215 g/mol. The summed E-state index contributed by atoms with van der Waals surface area (Å²) < 4.78 is 0. The summed E-state index contributed by atoms with van der Waals surface area (Å²) in [6.45, 7) is 0. The largest absolute Gasteiger partial charge is 0.308 e. The Hall–Kier alpha value is -0.820. The smallest absolute Gasteiger partial charge is 0.0224 e. The van der Waals surface area contributed by atoms with Gasteiger partial charge in [-0.1, -0.05) is 43.2 Å². The monoisotopic (exact) mass is 215 g/mol. The Morgan fingerprint density at radius 2 is 1.75 bits per heavy atom. The lowest BCUT2D eigenvalue weighted by Gasteiger charge is -2.47. The molecule has 0 atom stereocenters. The molecule has 1 N–H and O–H groups in total. The van der Waals surface area contributed by atoms with Gasteiger partial charge in [0.25, 0.3) is 0 Å². The van der Waals surface area contributed by atoms with Gasteiger partial charge in [0.2, 0.25) is 0 Å². The Kier molecular flexibility index (Phi) is 2.72. The lowest BCUT2D eigenvalue weighted by atomic mass is 9.73. The highest BCUT2D eigenvalue weighted by Gasteiger charge is 2.38. The molecular formula is C15H21N. The first-order chi connectivity index (χ1) is 7.86. The molecule has 2 aliphatic heterocycles. The number of fused-ring (bicyclic) bond motifs is 2. The zero-order chi connectivity index (χ0) is 10.8. The van der Waals surface area contributed by atoms with Crippen molar-refractivity contribution in [3.8, 4) is 0 Å². The highest BCUT2D eigenvalue weighted by atomic mass is 15.0. The normalized spacial score (nSPS) is 33.6. The fourth-order valence-corrected chi connectivity index (χ4v) is 3.58. The van der Waals surface area contributed by atoms with Crippen LogP contribution in [0.3, 0.4) is 0 Å². The number of benzene rings is 1. The van der Waals surface area contributed by atoms with E-state index in [1.54, 1.807) is 0 Å². The van der Waals surface area contributed by atoms with Gasteiger partial charge in [-0.3, -0.25) is 0 Å². The lowest BCUT2D eigenvalue weighted by Crippen LogP contribution is -2.57. The van der Waals surface area contributed by atoms with Gasteiger partial charge in [-0.05, 0) is 37.7 Å². The molecule has 0 saturated carbocycles. The van der Waals surface area contributed by atoms with Crippen molar-refractivity contribution < 1.29 is 0 Å². The third-order valence-corrected chi connectivity index (χ3v) is 4.31. The predicted molar refractivity (Wildman–Crippen MR) is 67.5 cm³/mol. The summed E-state index contributed by atoms with van der Waals surface area (Å²) in [6.07, 6.45) is 9.61. The molecule has 1 aromatic rings. The fourth-order valence-electron chi connectivity index (χ4n) is 3.58. The molecule has 86 valence electrons. The van der Waals surface area contributed by atoms with Crippen LogP contribution >= 0.6 is 0 Å². The van der Waals surface area contributed by atoms with Crippen LogP contribution in [-0.2, 0) is 6.42 Å². The number of rotatable bonds is 2. The third kappa shape index (κ3) is 2.01. The molecule has 2 bridgehead atoms. The van der Waals surface area contributed by atoms with Gasteiger partial charge in [0.05, 0.1) is 0 Å². The van der Waals surface area contributed by atoms with Gasteiger partial charge in [0, 0.05) is 11.6 Å². The van der Waals surface area contributed by atoms with Gasteiger partial charge in [0.1, 0.15) is 0 Å². The first-order valence-corrected chi connectivity index (χ1v) is 6.68. The fraction of sp³-hybridized carbons (Fsp3) is 0.600. The van der Waals surface area contributed by atoms with Crippen molar-refractivity contribution >= 4 is 0 Å². The maximum atomic E-state index is 3.91. The lowest BCUT2D eigenvalue weighted by molar-refractivity contribution is 0.141. The third-order valence-electron chi connectivity index (χ3n) is 4.31. The molecule has 2 heterocycles. The van der Waals surface area contributed by atoms with Gasteiger partial charge >= 0.3 is 0 Å². The van der Waals surface area contributed by atoms with Crippen molar-refractivity contribution in [1.29, 1.82) is 0 Å². The second-order valence-electron chi connectivity index (χ2n) is 5.57. The second-order valence-corrected chi connectivity index (χ2v) is 5.57. The Morgan fingerprint density at radius 3 is 2.44 bits per heavy atom. The predicted octanol–water partition coefficient (Wildman–Crippen LogP) is 3.29. The molecule has 1 aromatic carbocycles. The summed E-state index contributed by atoms with van der Waals surface area (Å²) in [5.41, 5.74) is 1.93. The van der Waals surface area contributed by atoms with E-state index in [1.807, 2.05) is 0 Å². The summed E-state index contributed by atoms with van der Waals surface area (Å²) >= 11 is 0. The molecule has 1 nitrogen and oxygen atoms in total. The van der Waals surface area contributed by atoms with Crippen molar-refractivity contribution in [3.63, 3.8) is 0 Å². The van der Waals surface area contributed by atoms with E-state index in [0.29, 0.717) is 5.54 Å². The molecule has 3 rings (SSSR count). The van der Waals surface area contributed by atoms with Crippen molar-refractivity contribution in [2.45, 2.75) is 56.5 Å². The van der Waals surface area contributed by atoms with Crippen LogP contribution in [0.2, 0.25) is 0 Å². The van der Waals surface area contributed by atoms with E-state index in [2.05, 4.69) is 35.6 Å². The molecule has 0 amide bonds. The summed E-state index contributed by atoms with van der Waals surface area (Å²) in [5, 5.41) is 3.91. The molecule has 0 aliphatic carbocycles. The molecule has 2 fully saturated rings. The Bertz CT molecular complexity index is 334. The maximum Gasteiger partial charge on any atom is 0.0224 e. The summed E-state index contributed by atoms with van der Waals surface area (Å²) in [4.78, 5) is 0. The maximum absolute atomic E-state index is 3.91. The van der Waals surface area contributed by atoms with Gasteiger partial charge in [-0.25, -0.2) is 0 Å². The molecule has 0 radical (unpaired) electrons. The molecular weight excluding hydrogens is 194 g/mol. The van der Waals surface area contributed by atoms with E-state index in [4.69, 9.17) is 0 Å². The van der Waals surface area contributed by atoms with Crippen LogP contribution in [0.15, 0.2) is 30.3 Å². The van der Waals surface area contributed by atoms with Gasteiger partial charge < -0.3 is 5.32 Å². The quantitative estimate of drug-likeness (QED) is 0.798. The average Bonchev–Trinajstić information content (AvgIpc) is 2.30. The van der Waals surface area contributed by atoms with Crippen LogP contribution in [0.25, 0.3) is 0 Å². The number of hydrogen-bond donors (Lipinski definition) is 1. The van der Waals surface area contributed by atoms with Crippen LogP contribution in [0.4, 0.5) is 0 Å². The van der Waals surface area contributed by atoms with E-state index in [0.717, 1.165) is 6.04 Å². The zero-order valence-corrected chi connectivity index (χ0v) is 9.91. The van der Waals surface area contributed by atoms with Crippen molar-refractivity contribution in [3.05, 3.63) is 35.9 Å². The van der Waals surface area contributed by atoms with E-state index in [-0.39, 0.29) is 0 Å². The van der Waals surface area contributed by atoms with Crippen LogP contribution in [0.1, 0.15) is 44.1 Å². The topological polar surface area (TPSA) is 12.0 Å². The summed E-state index contributed by atoms with van der Waals surface area (Å²) in [6, 6.07) is 11.8. The van der Waals surface area contributed by atoms with Gasteiger partial charge in [0.15, 0.2) is 0 Å². The van der Waals surface area contributed by atoms with E-state index >= 15 is 0 Å². The van der Waals surface area contributed by atoms with Crippen molar-refractivity contribution in [2.75, 3.05) is 0 Å². The van der Waals surface area contributed by atoms with E-state index in [1.165, 1.54) is 50.5 Å². The number of nitrogens with one attached hydrogen (secondary N) is 1. The summed E-state index contributed by atoms with van der Waals surface area (Å²) in [7, 11) is 0. The highest BCUT2D eigenvalue weighted by Crippen LogP contribution is 2.36. The number of hydrogen-bond acceptors (Lipinski definition) is 1. The van der Waals surface area contributed by atoms with Crippen molar-refractivity contribution in [2.24, 2.45) is 0 Å². The Labute approximate surface area is 98.3 Å². The van der Waals surface area contributed by atoms with Crippen LogP contribution in [0, 0.1) is 0 Å². The molecule has 0 unspecified atom stereocenters. The van der Waals surface area contributed by atoms with Crippen LogP contribution < -0.4 is 5.32 Å². The molecule has 0 spiro atoms. The molecule has 2 aliphatic rings. The Morgan fingerprint density at radius 1 is 1.06 bits per heavy atom. The van der Waals surface area contributed by atoms with Gasteiger partial charge in [-0.15, -0.1) is 0 Å². The van der Waals surface area contributed by atoms with Gasteiger partial charge in [-0.2, -0.15) is 0 Å². The first-order valence-electron chi connectivity index (χ1n) is 6.68. The van der Waals surface area contributed by atoms with Crippen LogP contribution in [-0.4, -0.2) is 11.6 Å². The standard InChI is InChI=1S/C15H21N/c1-2-6-13(7-3-1)12-15-10-4-8-14(16-15)9-5-11-15/h1-3,6-7,14,16H,4-5,8-12H2. The zero-order valence-electron chi connectivity index (χ0n) is 9.91. The summed E-state index contributed by atoms with van der Waals surface area (Å²) in [5.74, 6) is 0. The first kappa shape index (κ1) is 10.3. The minimum atomic E-state index is 0.433. The Balaban J connectivity index is 1.77.